The second kappa shape index (κ2) is 6.49. The van der Waals surface area contributed by atoms with Crippen LogP contribution in [0.5, 0.6) is 0 Å². The molecule has 0 aliphatic carbocycles. The smallest absolute Gasteiger partial charge is 0.323 e. The molecule has 1 saturated heterocycles. The van der Waals surface area contributed by atoms with E-state index < -0.39 is 24.5 Å². The van der Waals surface area contributed by atoms with Crippen molar-refractivity contribution in [2.45, 2.75) is 13.0 Å². The molecule has 20 heavy (non-hydrogen) atoms. The lowest BCUT2D eigenvalue weighted by Crippen LogP contribution is -2.47. The molecule has 0 saturated carbocycles. The highest BCUT2D eigenvalue weighted by Gasteiger charge is 2.29. The maximum Gasteiger partial charge on any atom is 0.323 e. The van der Waals surface area contributed by atoms with Crippen molar-refractivity contribution in [1.82, 2.24) is 0 Å². The summed E-state index contributed by atoms with van der Waals surface area (Å²) in [6.07, 6.45) is -0.746. The molecule has 1 aromatic rings. The van der Waals surface area contributed by atoms with Gasteiger partial charge in [-0.05, 0) is 19.1 Å². The van der Waals surface area contributed by atoms with Crippen LogP contribution in [0.2, 0.25) is 0 Å². The lowest BCUT2D eigenvalue weighted by molar-refractivity contribution is -0.147. The highest BCUT2D eigenvalue weighted by Crippen LogP contribution is 2.17. The van der Waals surface area contributed by atoms with Crippen LogP contribution in [0.4, 0.5) is 5.69 Å². The standard InChI is InChI=1S/C14H17NO5/c1-10-2-4-11(5-3-10)15(8-13(16)17)14(18)12-9-19-6-7-20-12/h2-5,12H,6-9H2,1H3,(H,16,17). The van der Waals surface area contributed by atoms with Crippen molar-refractivity contribution in [3.05, 3.63) is 29.8 Å². The Bertz CT molecular complexity index is 479. The van der Waals surface area contributed by atoms with Crippen LogP contribution in [0.1, 0.15) is 5.56 Å². The molecule has 1 fully saturated rings. The minimum atomic E-state index is -1.07. The van der Waals surface area contributed by atoms with Crippen molar-refractivity contribution in [1.29, 1.82) is 0 Å². The third-order valence-electron chi connectivity index (χ3n) is 3.00. The fourth-order valence-electron chi connectivity index (χ4n) is 1.96. The lowest BCUT2D eigenvalue weighted by atomic mass is 10.2. The van der Waals surface area contributed by atoms with Crippen LogP contribution in [0.15, 0.2) is 24.3 Å². The van der Waals surface area contributed by atoms with Crippen molar-refractivity contribution >= 4 is 17.6 Å². The minimum absolute atomic E-state index is 0.154. The van der Waals surface area contributed by atoms with E-state index in [1.165, 1.54) is 4.90 Å². The molecule has 0 bridgehead atoms. The maximum absolute atomic E-state index is 12.4. The van der Waals surface area contributed by atoms with Gasteiger partial charge in [0, 0.05) is 5.69 Å². The molecule has 1 aliphatic rings. The zero-order chi connectivity index (χ0) is 14.5. The molecule has 1 amide bonds. The summed E-state index contributed by atoms with van der Waals surface area (Å²) < 4.78 is 10.5. The third-order valence-corrected chi connectivity index (χ3v) is 3.00. The van der Waals surface area contributed by atoms with Crippen molar-refractivity contribution in [3.63, 3.8) is 0 Å². The number of ether oxygens (including phenoxy) is 2. The molecule has 0 aromatic heterocycles. The first-order chi connectivity index (χ1) is 9.58. The Balaban J connectivity index is 2.19. The van der Waals surface area contributed by atoms with Gasteiger partial charge in [-0.1, -0.05) is 17.7 Å². The largest absolute Gasteiger partial charge is 0.480 e. The predicted molar refractivity (Wildman–Crippen MR) is 71.7 cm³/mol. The molecule has 1 heterocycles. The molecular formula is C14H17NO5. The number of anilines is 1. The molecule has 0 radical (unpaired) electrons. The summed E-state index contributed by atoms with van der Waals surface area (Å²) in [4.78, 5) is 24.6. The summed E-state index contributed by atoms with van der Waals surface area (Å²) in [6, 6.07) is 7.10. The van der Waals surface area contributed by atoms with E-state index >= 15 is 0 Å². The van der Waals surface area contributed by atoms with Gasteiger partial charge in [0.1, 0.15) is 6.54 Å². The van der Waals surface area contributed by atoms with E-state index in [0.29, 0.717) is 18.9 Å². The topological polar surface area (TPSA) is 76.1 Å². The first-order valence-electron chi connectivity index (χ1n) is 6.37. The van der Waals surface area contributed by atoms with Crippen molar-refractivity contribution in [3.8, 4) is 0 Å². The molecule has 2 rings (SSSR count). The molecule has 1 aliphatic heterocycles. The fraction of sp³-hybridized carbons (Fsp3) is 0.429. The van der Waals surface area contributed by atoms with E-state index in [4.69, 9.17) is 14.6 Å². The van der Waals surface area contributed by atoms with Gasteiger partial charge in [0.25, 0.3) is 5.91 Å². The number of benzene rings is 1. The third kappa shape index (κ3) is 3.55. The maximum atomic E-state index is 12.4. The van der Waals surface area contributed by atoms with Crippen LogP contribution in [0.3, 0.4) is 0 Å². The summed E-state index contributed by atoms with van der Waals surface area (Å²) in [5, 5.41) is 8.98. The zero-order valence-electron chi connectivity index (χ0n) is 11.2. The number of carboxylic acids is 1. The second-order valence-corrected chi connectivity index (χ2v) is 4.59. The van der Waals surface area contributed by atoms with Crippen molar-refractivity contribution < 1.29 is 24.2 Å². The molecule has 0 spiro atoms. The average Bonchev–Trinajstić information content (AvgIpc) is 2.46. The van der Waals surface area contributed by atoms with Crippen LogP contribution >= 0.6 is 0 Å². The number of aryl methyl sites for hydroxylation is 1. The SMILES string of the molecule is Cc1ccc(N(CC(=O)O)C(=O)C2COCCO2)cc1. The molecule has 1 N–H and O–H groups in total. The number of nitrogens with zero attached hydrogens (tertiary/aromatic N) is 1. The van der Waals surface area contributed by atoms with E-state index in [1.807, 2.05) is 19.1 Å². The number of amides is 1. The van der Waals surface area contributed by atoms with Gasteiger partial charge in [0.05, 0.1) is 19.8 Å². The Morgan fingerprint density at radius 3 is 2.55 bits per heavy atom. The molecule has 108 valence electrons. The Hall–Kier alpha value is -1.92. The second-order valence-electron chi connectivity index (χ2n) is 4.59. The predicted octanol–water partition coefficient (Wildman–Crippen LogP) is 0.828. The number of hydrogen-bond acceptors (Lipinski definition) is 4. The number of carbonyl (C=O) groups is 2. The van der Waals surface area contributed by atoms with E-state index in [-0.39, 0.29) is 6.61 Å². The monoisotopic (exact) mass is 279 g/mol. The van der Waals surface area contributed by atoms with Gasteiger partial charge < -0.3 is 14.6 Å². The van der Waals surface area contributed by atoms with Gasteiger partial charge in [-0.2, -0.15) is 0 Å². The Morgan fingerprint density at radius 1 is 1.30 bits per heavy atom. The molecule has 6 heteroatoms. The Kier molecular flexibility index (Phi) is 4.70. The van der Waals surface area contributed by atoms with Gasteiger partial charge in [-0.25, -0.2) is 0 Å². The van der Waals surface area contributed by atoms with E-state index in [1.54, 1.807) is 12.1 Å². The number of carboxylic acid groups (broad SMARTS) is 1. The van der Waals surface area contributed by atoms with Gasteiger partial charge in [0.15, 0.2) is 6.10 Å². The van der Waals surface area contributed by atoms with Crippen LogP contribution < -0.4 is 4.90 Å². The Morgan fingerprint density at radius 2 is 2.00 bits per heavy atom. The summed E-state index contributed by atoms with van der Waals surface area (Å²) in [6.45, 7) is 2.46. The molecule has 1 atom stereocenters. The van der Waals surface area contributed by atoms with E-state index in [0.717, 1.165) is 5.56 Å². The lowest BCUT2D eigenvalue weighted by Gasteiger charge is -2.28. The van der Waals surface area contributed by atoms with Crippen LogP contribution in [0, 0.1) is 6.92 Å². The fourth-order valence-corrected chi connectivity index (χ4v) is 1.96. The van der Waals surface area contributed by atoms with Crippen molar-refractivity contribution in [2.75, 3.05) is 31.3 Å². The van der Waals surface area contributed by atoms with E-state index in [2.05, 4.69) is 0 Å². The zero-order valence-corrected chi connectivity index (χ0v) is 11.2. The highest BCUT2D eigenvalue weighted by atomic mass is 16.6. The number of hydrogen-bond donors (Lipinski definition) is 1. The summed E-state index contributed by atoms with van der Waals surface area (Å²) in [7, 11) is 0. The molecule has 1 unspecified atom stereocenters. The first-order valence-corrected chi connectivity index (χ1v) is 6.37. The van der Waals surface area contributed by atoms with Gasteiger partial charge in [0.2, 0.25) is 0 Å². The summed E-state index contributed by atoms with van der Waals surface area (Å²) in [5.41, 5.74) is 1.57. The van der Waals surface area contributed by atoms with Gasteiger partial charge in [-0.3, -0.25) is 14.5 Å². The molecular weight excluding hydrogens is 262 g/mol. The quantitative estimate of drug-likeness (QED) is 0.883. The molecule has 1 aromatic carbocycles. The highest BCUT2D eigenvalue weighted by molar-refractivity contribution is 6.00. The average molecular weight is 279 g/mol. The van der Waals surface area contributed by atoms with Crippen LogP contribution in [-0.2, 0) is 19.1 Å². The van der Waals surface area contributed by atoms with Crippen LogP contribution in [0.25, 0.3) is 0 Å². The number of aliphatic carboxylic acids is 1. The number of carbonyl (C=O) groups excluding carboxylic acids is 1. The normalized spacial score (nSPS) is 18.6. The van der Waals surface area contributed by atoms with Crippen molar-refractivity contribution in [2.24, 2.45) is 0 Å². The molecule has 6 nitrogen and oxygen atoms in total. The minimum Gasteiger partial charge on any atom is -0.480 e. The number of rotatable bonds is 4. The Labute approximate surface area is 116 Å². The van der Waals surface area contributed by atoms with E-state index in [9.17, 15) is 9.59 Å². The van der Waals surface area contributed by atoms with Gasteiger partial charge >= 0.3 is 5.97 Å². The summed E-state index contributed by atoms with van der Waals surface area (Å²) in [5.74, 6) is -1.47. The van der Waals surface area contributed by atoms with Gasteiger partial charge in [-0.15, -0.1) is 0 Å². The summed E-state index contributed by atoms with van der Waals surface area (Å²) >= 11 is 0. The van der Waals surface area contributed by atoms with Crippen LogP contribution in [-0.4, -0.2) is 49.5 Å². The first kappa shape index (κ1) is 14.5.